The molecule has 0 aliphatic carbocycles. The summed E-state index contributed by atoms with van der Waals surface area (Å²) >= 11 is 0. The average Bonchev–Trinajstić information content (AvgIpc) is 2.87. The van der Waals surface area contributed by atoms with E-state index in [9.17, 15) is 5.11 Å². The third kappa shape index (κ3) is 3.51. The van der Waals surface area contributed by atoms with Gasteiger partial charge in [0.2, 0.25) is 0 Å². The Balaban J connectivity index is 2.02. The molecule has 1 aliphatic heterocycles. The van der Waals surface area contributed by atoms with E-state index in [1.807, 2.05) is 25.1 Å². The van der Waals surface area contributed by atoms with Crippen LogP contribution in [0.5, 0.6) is 5.75 Å². The largest absolute Gasteiger partial charge is 0.496 e. The van der Waals surface area contributed by atoms with Crippen molar-refractivity contribution in [3.63, 3.8) is 0 Å². The molecular formula is C16H26N2O2. The van der Waals surface area contributed by atoms with Crippen LogP contribution in [0, 0.1) is 6.92 Å². The van der Waals surface area contributed by atoms with Gasteiger partial charge in [0.15, 0.2) is 0 Å². The van der Waals surface area contributed by atoms with Crippen molar-refractivity contribution in [1.29, 1.82) is 0 Å². The number of hydrogen-bond acceptors (Lipinski definition) is 4. The molecule has 2 rings (SSSR count). The van der Waals surface area contributed by atoms with Crippen LogP contribution in [-0.2, 0) is 0 Å². The molecule has 1 heterocycles. The molecule has 2 atom stereocenters. The molecule has 4 heteroatoms. The van der Waals surface area contributed by atoms with Crippen LogP contribution in [0.4, 0.5) is 0 Å². The van der Waals surface area contributed by atoms with Crippen LogP contribution in [0.2, 0.25) is 0 Å². The van der Waals surface area contributed by atoms with E-state index in [1.54, 1.807) is 7.11 Å². The fourth-order valence-electron chi connectivity index (χ4n) is 2.86. The molecule has 0 spiro atoms. The Bertz CT molecular complexity index is 448. The third-order valence-corrected chi connectivity index (χ3v) is 4.15. The van der Waals surface area contributed by atoms with Crippen molar-refractivity contribution in [2.75, 3.05) is 40.8 Å². The van der Waals surface area contributed by atoms with E-state index in [4.69, 9.17) is 4.74 Å². The van der Waals surface area contributed by atoms with Crippen LogP contribution in [0.3, 0.4) is 0 Å². The van der Waals surface area contributed by atoms with E-state index in [-0.39, 0.29) is 0 Å². The lowest BCUT2D eigenvalue weighted by Gasteiger charge is -2.23. The molecule has 1 aliphatic rings. The monoisotopic (exact) mass is 278 g/mol. The zero-order chi connectivity index (χ0) is 14.7. The fourth-order valence-corrected chi connectivity index (χ4v) is 2.86. The Hall–Kier alpha value is -1.10. The molecule has 112 valence electrons. The summed E-state index contributed by atoms with van der Waals surface area (Å²) in [6.07, 6.45) is 0.677. The number of hydrogen-bond donors (Lipinski definition) is 1. The Morgan fingerprint density at radius 1 is 1.45 bits per heavy atom. The summed E-state index contributed by atoms with van der Waals surface area (Å²) in [6.45, 7) is 4.78. The van der Waals surface area contributed by atoms with Crippen molar-refractivity contribution in [3.05, 3.63) is 29.3 Å². The minimum atomic E-state index is -0.495. The highest BCUT2D eigenvalue weighted by atomic mass is 16.5. The Labute approximate surface area is 122 Å². The highest BCUT2D eigenvalue weighted by Crippen LogP contribution is 2.28. The van der Waals surface area contributed by atoms with Crippen molar-refractivity contribution >= 4 is 0 Å². The molecule has 1 fully saturated rings. The molecule has 0 saturated carbocycles. The Morgan fingerprint density at radius 3 is 2.80 bits per heavy atom. The number of aryl methyl sites for hydroxylation is 1. The summed E-state index contributed by atoms with van der Waals surface area (Å²) in [5.74, 6) is 0.770. The number of rotatable bonds is 5. The van der Waals surface area contributed by atoms with Crippen LogP contribution in [0.1, 0.15) is 23.7 Å². The van der Waals surface area contributed by atoms with Gasteiger partial charge in [-0.15, -0.1) is 0 Å². The van der Waals surface area contributed by atoms with E-state index < -0.39 is 6.10 Å². The molecular weight excluding hydrogens is 252 g/mol. The van der Waals surface area contributed by atoms with Crippen molar-refractivity contribution in [1.82, 2.24) is 9.80 Å². The maximum absolute atomic E-state index is 10.5. The van der Waals surface area contributed by atoms with Crippen LogP contribution in [0.15, 0.2) is 18.2 Å². The van der Waals surface area contributed by atoms with Crippen molar-refractivity contribution in [2.45, 2.75) is 25.5 Å². The topological polar surface area (TPSA) is 35.9 Å². The lowest BCUT2D eigenvalue weighted by atomic mass is 10.0. The quantitative estimate of drug-likeness (QED) is 0.889. The van der Waals surface area contributed by atoms with Crippen molar-refractivity contribution < 1.29 is 9.84 Å². The molecule has 0 bridgehead atoms. The van der Waals surface area contributed by atoms with Crippen LogP contribution in [-0.4, -0.2) is 61.8 Å². The van der Waals surface area contributed by atoms with Gasteiger partial charge in [-0.05, 0) is 46.1 Å². The fraction of sp³-hybridized carbons (Fsp3) is 0.625. The first kappa shape index (κ1) is 15.3. The summed E-state index contributed by atoms with van der Waals surface area (Å²) in [5, 5.41) is 10.5. The molecule has 2 unspecified atom stereocenters. The van der Waals surface area contributed by atoms with E-state index >= 15 is 0 Å². The second kappa shape index (κ2) is 6.57. The molecule has 0 aromatic heterocycles. The predicted octanol–water partition coefficient (Wildman–Crippen LogP) is 1.67. The number of ether oxygens (including phenoxy) is 1. The number of benzene rings is 1. The van der Waals surface area contributed by atoms with Gasteiger partial charge in [-0.1, -0.05) is 11.6 Å². The zero-order valence-corrected chi connectivity index (χ0v) is 13.0. The first-order chi connectivity index (χ1) is 9.51. The number of likely N-dealkylation sites (tertiary alicyclic amines) is 1. The van der Waals surface area contributed by atoms with Crippen LogP contribution in [0.25, 0.3) is 0 Å². The number of aliphatic hydroxyl groups is 1. The van der Waals surface area contributed by atoms with Crippen LogP contribution < -0.4 is 4.74 Å². The second-order valence-electron chi connectivity index (χ2n) is 5.93. The summed E-state index contributed by atoms with van der Waals surface area (Å²) < 4.78 is 5.36. The van der Waals surface area contributed by atoms with Gasteiger partial charge in [0.25, 0.3) is 0 Å². The van der Waals surface area contributed by atoms with Gasteiger partial charge < -0.3 is 14.7 Å². The van der Waals surface area contributed by atoms with Crippen LogP contribution >= 0.6 is 0 Å². The Kier molecular flexibility index (Phi) is 5.02. The molecule has 1 aromatic carbocycles. The molecule has 1 N–H and O–H groups in total. The molecule has 4 nitrogen and oxygen atoms in total. The van der Waals surface area contributed by atoms with Gasteiger partial charge >= 0.3 is 0 Å². The summed E-state index contributed by atoms with van der Waals surface area (Å²) in [4.78, 5) is 4.59. The zero-order valence-electron chi connectivity index (χ0n) is 13.0. The molecule has 0 amide bonds. The standard InChI is InChI=1S/C16H26N2O2/c1-12-5-6-16(20-4)14(9-12)15(19)11-18-8-7-13(10-18)17(2)3/h5-6,9,13,15,19H,7-8,10-11H2,1-4H3. The summed E-state index contributed by atoms with van der Waals surface area (Å²) in [7, 11) is 5.89. The number of aliphatic hydroxyl groups excluding tert-OH is 1. The summed E-state index contributed by atoms with van der Waals surface area (Å²) in [6, 6.07) is 6.55. The predicted molar refractivity (Wildman–Crippen MR) is 81.2 cm³/mol. The maximum Gasteiger partial charge on any atom is 0.124 e. The lowest BCUT2D eigenvalue weighted by Crippen LogP contribution is -2.33. The number of β-amino-alcohol motifs (C(OH)–C–C–N with tert-alkyl or cyclic N) is 1. The maximum atomic E-state index is 10.5. The van der Waals surface area contributed by atoms with E-state index in [0.717, 1.165) is 30.0 Å². The van der Waals surface area contributed by atoms with Gasteiger partial charge in [-0.3, -0.25) is 4.90 Å². The molecule has 1 saturated heterocycles. The summed E-state index contributed by atoms with van der Waals surface area (Å²) in [5.41, 5.74) is 2.04. The first-order valence-corrected chi connectivity index (χ1v) is 7.22. The molecule has 1 aromatic rings. The van der Waals surface area contributed by atoms with E-state index in [2.05, 4.69) is 23.9 Å². The Morgan fingerprint density at radius 2 is 2.20 bits per heavy atom. The average molecular weight is 278 g/mol. The van der Waals surface area contributed by atoms with Gasteiger partial charge in [0, 0.05) is 24.7 Å². The van der Waals surface area contributed by atoms with Gasteiger partial charge in [-0.25, -0.2) is 0 Å². The highest BCUT2D eigenvalue weighted by Gasteiger charge is 2.26. The number of methoxy groups -OCH3 is 1. The van der Waals surface area contributed by atoms with Crippen molar-refractivity contribution in [2.24, 2.45) is 0 Å². The normalized spacial score (nSPS) is 21.4. The number of likely N-dealkylation sites (N-methyl/N-ethyl adjacent to an activating group) is 1. The second-order valence-corrected chi connectivity index (χ2v) is 5.93. The van der Waals surface area contributed by atoms with E-state index in [0.29, 0.717) is 12.6 Å². The third-order valence-electron chi connectivity index (χ3n) is 4.15. The van der Waals surface area contributed by atoms with E-state index in [1.165, 1.54) is 6.42 Å². The van der Waals surface area contributed by atoms with Gasteiger partial charge in [0.1, 0.15) is 5.75 Å². The number of nitrogens with zero attached hydrogens (tertiary/aromatic N) is 2. The highest BCUT2D eigenvalue weighted by molar-refractivity contribution is 5.38. The lowest BCUT2D eigenvalue weighted by molar-refractivity contribution is 0.119. The van der Waals surface area contributed by atoms with Crippen molar-refractivity contribution in [3.8, 4) is 5.75 Å². The minimum absolute atomic E-state index is 0.495. The minimum Gasteiger partial charge on any atom is -0.496 e. The smallest absolute Gasteiger partial charge is 0.124 e. The van der Waals surface area contributed by atoms with Gasteiger partial charge in [-0.2, -0.15) is 0 Å². The first-order valence-electron chi connectivity index (χ1n) is 7.22. The molecule has 0 radical (unpaired) electrons. The van der Waals surface area contributed by atoms with Gasteiger partial charge in [0.05, 0.1) is 13.2 Å². The molecule has 20 heavy (non-hydrogen) atoms. The SMILES string of the molecule is COc1ccc(C)cc1C(O)CN1CCC(N(C)C)C1.